The molecule has 1 heterocycles. The summed E-state index contributed by atoms with van der Waals surface area (Å²) in [6.07, 6.45) is 0.199. The van der Waals surface area contributed by atoms with Crippen LogP contribution in [0.1, 0.15) is 6.42 Å². The Kier molecular flexibility index (Phi) is 4.46. The van der Waals surface area contributed by atoms with E-state index in [2.05, 4.69) is 5.32 Å². The van der Waals surface area contributed by atoms with Crippen molar-refractivity contribution in [3.63, 3.8) is 0 Å². The summed E-state index contributed by atoms with van der Waals surface area (Å²) in [7, 11) is 1.67. The maximum atomic E-state index is 13.3. The highest BCUT2D eigenvalue weighted by Gasteiger charge is 2.32. The number of hydrogen-bond acceptors (Lipinski definition) is 2. The molecule has 2 aromatic rings. The molecule has 3 rings (SSSR count). The van der Waals surface area contributed by atoms with Gasteiger partial charge >= 0.3 is 6.03 Å². The van der Waals surface area contributed by atoms with Crippen LogP contribution in [0, 0.1) is 5.82 Å². The van der Waals surface area contributed by atoms with Crippen molar-refractivity contribution in [1.29, 1.82) is 0 Å². The molecule has 1 aliphatic heterocycles. The maximum absolute atomic E-state index is 13.3. The van der Waals surface area contributed by atoms with Gasteiger partial charge in [-0.15, -0.1) is 0 Å². The van der Waals surface area contributed by atoms with Crippen molar-refractivity contribution in [2.75, 3.05) is 23.4 Å². The summed E-state index contributed by atoms with van der Waals surface area (Å²) in [5.74, 6) is -0.523. The van der Waals surface area contributed by atoms with Crippen LogP contribution < -0.4 is 15.1 Å². The van der Waals surface area contributed by atoms with Crippen molar-refractivity contribution in [1.82, 2.24) is 5.32 Å². The first kappa shape index (κ1) is 16.0. The molecule has 1 atom stereocenters. The molecule has 5 nitrogen and oxygen atoms in total. The average molecular weight is 327 g/mol. The fraction of sp³-hybridized carbons (Fsp3) is 0.222. The molecule has 0 aliphatic carbocycles. The minimum Gasteiger partial charge on any atom is -0.333 e. The summed E-state index contributed by atoms with van der Waals surface area (Å²) in [6.45, 7) is 0.330. The number of benzene rings is 2. The number of para-hydroxylation sites is 1. The number of urea groups is 1. The third kappa shape index (κ3) is 3.37. The zero-order valence-corrected chi connectivity index (χ0v) is 13.3. The van der Waals surface area contributed by atoms with E-state index < -0.39 is 5.82 Å². The Bertz CT molecular complexity index is 751. The van der Waals surface area contributed by atoms with Crippen LogP contribution in [0.2, 0.25) is 0 Å². The molecular weight excluding hydrogens is 309 g/mol. The minimum absolute atomic E-state index is 0.131. The molecule has 0 bridgehead atoms. The number of hydrogen-bond donors (Lipinski definition) is 1. The fourth-order valence-electron chi connectivity index (χ4n) is 2.74. The van der Waals surface area contributed by atoms with E-state index in [4.69, 9.17) is 0 Å². The van der Waals surface area contributed by atoms with Gasteiger partial charge in [0.05, 0.1) is 6.04 Å². The minimum atomic E-state index is -0.392. The van der Waals surface area contributed by atoms with Crippen molar-refractivity contribution < 1.29 is 14.0 Å². The van der Waals surface area contributed by atoms with E-state index in [9.17, 15) is 14.0 Å². The molecule has 1 fully saturated rings. The SMILES string of the molecule is CN(C(=O)N[C@@H]1CC(=O)N(c2cccc(F)c2)C1)c1ccccc1. The summed E-state index contributed by atoms with van der Waals surface area (Å²) in [6, 6.07) is 14.6. The van der Waals surface area contributed by atoms with Crippen LogP contribution >= 0.6 is 0 Å². The number of nitrogens with zero attached hydrogens (tertiary/aromatic N) is 2. The lowest BCUT2D eigenvalue weighted by Crippen LogP contribution is -2.44. The van der Waals surface area contributed by atoms with Crippen LogP contribution in [-0.4, -0.2) is 31.6 Å². The molecule has 0 saturated carbocycles. The molecule has 0 radical (unpaired) electrons. The van der Waals surface area contributed by atoms with E-state index in [0.29, 0.717) is 12.2 Å². The zero-order valence-electron chi connectivity index (χ0n) is 13.3. The van der Waals surface area contributed by atoms with Crippen LogP contribution in [0.15, 0.2) is 54.6 Å². The highest BCUT2D eigenvalue weighted by Crippen LogP contribution is 2.22. The summed E-state index contributed by atoms with van der Waals surface area (Å²) >= 11 is 0. The van der Waals surface area contributed by atoms with Gasteiger partial charge in [-0.25, -0.2) is 9.18 Å². The summed E-state index contributed by atoms with van der Waals surface area (Å²) in [4.78, 5) is 27.5. The van der Waals surface area contributed by atoms with Gasteiger partial charge in [0.1, 0.15) is 5.82 Å². The molecule has 1 aliphatic rings. The highest BCUT2D eigenvalue weighted by molar-refractivity contribution is 5.98. The zero-order chi connectivity index (χ0) is 17.1. The van der Waals surface area contributed by atoms with Gasteiger partial charge in [-0.05, 0) is 30.3 Å². The van der Waals surface area contributed by atoms with Gasteiger partial charge in [0, 0.05) is 31.4 Å². The van der Waals surface area contributed by atoms with Crippen LogP contribution in [-0.2, 0) is 4.79 Å². The van der Waals surface area contributed by atoms with Gasteiger partial charge in [0.25, 0.3) is 0 Å². The number of rotatable bonds is 3. The molecule has 0 unspecified atom stereocenters. The lowest BCUT2D eigenvalue weighted by molar-refractivity contribution is -0.117. The van der Waals surface area contributed by atoms with Crippen molar-refractivity contribution in [2.45, 2.75) is 12.5 Å². The molecule has 1 saturated heterocycles. The summed E-state index contributed by atoms with van der Waals surface area (Å²) in [5, 5.41) is 2.85. The van der Waals surface area contributed by atoms with E-state index in [-0.39, 0.29) is 24.4 Å². The number of carbonyl (C=O) groups is 2. The number of amides is 3. The number of halogens is 1. The monoisotopic (exact) mass is 327 g/mol. The molecule has 0 aromatic heterocycles. The second-order valence-electron chi connectivity index (χ2n) is 5.73. The Morgan fingerprint density at radius 2 is 1.96 bits per heavy atom. The summed E-state index contributed by atoms with van der Waals surface area (Å²) < 4.78 is 13.3. The van der Waals surface area contributed by atoms with Gasteiger partial charge < -0.3 is 10.2 Å². The first-order valence-corrected chi connectivity index (χ1v) is 7.70. The van der Waals surface area contributed by atoms with Crippen LogP contribution in [0.5, 0.6) is 0 Å². The van der Waals surface area contributed by atoms with E-state index >= 15 is 0 Å². The predicted octanol–water partition coefficient (Wildman–Crippen LogP) is 2.78. The third-order valence-corrected chi connectivity index (χ3v) is 4.02. The smallest absolute Gasteiger partial charge is 0.321 e. The Balaban J connectivity index is 1.65. The Labute approximate surface area is 139 Å². The van der Waals surface area contributed by atoms with Crippen molar-refractivity contribution in [3.05, 3.63) is 60.4 Å². The second kappa shape index (κ2) is 6.70. The molecule has 1 N–H and O–H groups in total. The second-order valence-corrected chi connectivity index (χ2v) is 5.73. The largest absolute Gasteiger partial charge is 0.333 e. The van der Waals surface area contributed by atoms with Gasteiger partial charge in [0.2, 0.25) is 5.91 Å². The van der Waals surface area contributed by atoms with Gasteiger partial charge in [-0.1, -0.05) is 24.3 Å². The Morgan fingerprint density at radius 3 is 2.67 bits per heavy atom. The van der Waals surface area contributed by atoms with Crippen molar-refractivity contribution in [2.24, 2.45) is 0 Å². The Morgan fingerprint density at radius 1 is 1.21 bits per heavy atom. The number of carbonyl (C=O) groups excluding carboxylic acids is 2. The van der Waals surface area contributed by atoms with E-state index in [0.717, 1.165) is 5.69 Å². The Hall–Kier alpha value is -2.89. The first-order valence-electron chi connectivity index (χ1n) is 7.70. The normalized spacial score (nSPS) is 17.0. The maximum Gasteiger partial charge on any atom is 0.321 e. The topological polar surface area (TPSA) is 52.7 Å². The van der Waals surface area contributed by atoms with E-state index in [1.165, 1.54) is 21.9 Å². The van der Waals surface area contributed by atoms with E-state index in [1.54, 1.807) is 19.2 Å². The van der Waals surface area contributed by atoms with E-state index in [1.807, 2.05) is 30.3 Å². The van der Waals surface area contributed by atoms with Crippen LogP contribution in [0.3, 0.4) is 0 Å². The van der Waals surface area contributed by atoms with Crippen molar-refractivity contribution in [3.8, 4) is 0 Å². The lowest BCUT2D eigenvalue weighted by atomic mass is 10.2. The van der Waals surface area contributed by atoms with Crippen molar-refractivity contribution >= 4 is 23.3 Å². The summed E-state index contributed by atoms with van der Waals surface area (Å²) in [5.41, 5.74) is 1.27. The quantitative estimate of drug-likeness (QED) is 0.942. The number of nitrogens with one attached hydrogen (secondary N) is 1. The standard InChI is InChI=1S/C18H18FN3O2/c1-21(15-7-3-2-4-8-15)18(24)20-14-11-17(23)22(12-14)16-9-5-6-13(19)10-16/h2-10,14H,11-12H2,1H3,(H,20,24)/t14-/m1/s1. The van der Waals surface area contributed by atoms with Gasteiger partial charge in [0.15, 0.2) is 0 Å². The average Bonchev–Trinajstić information content (AvgIpc) is 2.95. The fourth-order valence-corrected chi connectivity index (χ4v) is 2.74. The molecule has 2 aromatic carbocycles. The lowest BCUT2D eigenvalue weighted by Gasteiger charge is -2.21. The third-order valence-electron chi connectivity index (χ3n) is 4.02. The van der Waals surface area contributed by atoms with Gasteiger partial charge in [-0.2, -0.15) is 0 Å². The predicted molar refractivity (Wildman–Crippen MR) is 90.5 cm³/mol. The molecule has 24 heavy (non-hydrogen) atoms. The molecule has 124 valence electrons. The first-order chi connectivity index (χ1) is 11.5. The van der Waals surface area contributed by atoms with Gasteiger partial charge in [-0.3, -0.25) is 9.69 Å². The highest BCUT2D eigenvalue weighted by atomic mass is 19.1. The van der Waals surface area contributed by atoms with Crippen LogP contribution in [0.25, 0.3) is 0 Å². The van der Waals surface area contributed by atoms with Crippen LogP contribution in [0.4, 0.5) is 20.6 Å². The molecular formula is C18H18FN3O2. The molecule has 3 amide bonds. The molecule has 6 heteroatoms. The number of anilines is 2. The molecule has 0 spiro atoms.